The van der Waals surface area contributed by atoms with Crippen molar-refractivity contribution >= 4 is 11.7 Å². The first-order chi connectivity index (χ1) is 9.83. The molecule has 1 aliphatic rings. The molecule has 1 N–H and O–H groups in total. The fourth-order valence-electron chi connectivity index (χ4n) is 2.44. The van der Waals surface area contributed by atoms with Gasteiger partial charge in [0, 0.05) is 5.69 Å². The lowest BCUT2D eigenvalue weighted by molar-refractivity contribution is -0.146. The van der Waals surface area contributed by atoms with Gasteiger partial charge in [-0.2, -0.15) is 0 Å². The first-order valence-corrected chi connectivity index (χ1v) is 6.88. The SMILES string of the molecule is O=C(OCc1ccccc1)[C@@H]1CCc2ccccc2N1. The molecule has 0 unspecified atom stereocenters. The molecule has 0 bridgehead atoms. The summed E-state index contributed by atoms with van der Waals surface area (Å²) in [6, 6.07) is 17.6. The van der Waals surface area contributed by atoms with Gasteiger partial charge in [-0.3, -0.25) is 0 Å². The van der Waals surface area contributed by atoms with Crippen LogP contribution in [-0.4, -0.2) is 12.0 Å². The fraction of sp³-hybridized carbons (Fsp3) is 0.235. The van der Waals surface area contributed by atoms with Crippen LogP contribution in [0.3, 0.4) is 0 Å². The van der Waals surface area contributed by atoms with Gasteiger partial charge in [0.05, 0.1) is 0 Å². The summed E-state index contributed by atoms with van der Waals surface area (Å²) in [6.45, 7) is 0.333. The second kappa shape index (κ2) is 5.78. The molecule has 1 aliphatic heterocycles. The van der Waals surface area contributed by atoms with E-state index < -0.39 is 0 Å². The summed E-state index contributed by atoms with van der Waals surface area (Å²) in [4.78, 5) is 12.1. The number of anilines is 1. The number of fused-ring (bicyclic) bond motifs is 1. The number of esters is 1. The Morgan fingerprint density at radius 1 is 1.10 bits per heavy atom. The molecule has 0 aliphatic carbocycles. The minimum absolute atomic E-state index is 0.177. The Morgan fingerprint density at radius 2 is 1.85 bits per heavy atom. The van der Waals surface area contributed by atoms with Gasteiger partial charge in [-0.05, 0) is 30.0 Å². The minimum Gasteiger partial charge on any atom is -0.459 e. The van der Waals surface area contributed by atoms with E-state index >= 15 is 0 Å². The Hall–Kier alpha value is -2.29. The normalized spacial score (nSPS) is 16.9. The average Bonchev–Trinajstić information content (AvgIpc) is 2.53. The highest BCUT2D eigenvalue weighted by atomic mass is 16.5. The van der Waals surface area contributed by atoms with Crippen molar-refractivity contribution in [2.24, 2.45) is 0 Å². The van der Waals surface area contributed by atoms with Crippen LogP contribution in [0.25, 0.3) is 0 Å². The van der Waals surface area contributed by atoms with E-state index in [2.05, 4.69) is 11.4 Å². The van der Waals surface area contributed by atoms with E-state index in [1.807, 2.05) is 48.5 Å². The molecule has 0 fully saturated rings. The van der Waals surface area contributed by atoms with Crippen LogP contribution in [0.1, 0.15) is 17.5 Å². The molecule has 2 aromatic carbocycles. The summed E-state index contributed by atoms with van der Waals surface area (Å²) >= 11 is 0. The van der Waals surface area contributed by atoms with Crippen LogP contribution in [0, 0.1) is 0 Å². The second-order valence-corrected chi connectivity index (χ2v) is 4.99. The van der Waals surface area contributed by atoms with E-state index in [0.717, 1.165) is 24.1 Å². The first kappa shape index (κ1) is 12.7. The molecule has 1 heterocycles. The molecular weight excluding hydrogens is 250 g/mol. The van der Waals surface area contributed by atoms with Gasteiger partial charge in [0.2, 0.25) is 0 Å². The van der Waals surface area contributed by atoms with Gasteiger partial charge in [0.1, 0.15) is 12.6 Å². The molecule has 0 saturated heterocycles. The van der Waals surface area contributed by atoms with Crippen LogP contribution in [0.15, 0.2) is 54.6 Å². The lowest BCUT2D eigenvalue weighted by atomic mass is 9.98. The number of rotatable bonds is 3. The van der Waals surface area contributed by atoms with Crippen molar-refractivity contribution in [3.8, 4) is 0 Å². The summed E-state index contributed by atoms with van der Waals surface area (Å²) < 4.78 is 5.38. The molecule has 0 spiro atoms. The van der Waals surface area contributed by atoms with Gasteiger partial charge in [-0.15, -0.1) is 0 Å². The number of ether oxygens (including phenoxy) is 1. The van der Waals surface area contributed by atoms with Crippen molar-refractivity contribution in [1.82, 2.24) is 0 Å². The Labute approximate surface area is 118 Å². The Morgan fingerprint density at radius 3 is 2.70 bits per heavy atom. The quantitative estimate of drug-likeness (QED) is 0.868. The third kappa shape index (κ3) is 2.82. The monoisotopic (exact) mass is 267 g/mol. The molecule has 0 radical (unpaired) electrons. The summed E-state index contributed by atoms with van der Waals surface area (Å²) in [6.07, 6.45) is 1.69. The number of carbonyl (C=O) groups excluding carboxylic acids is 1. The van der Waals surface area contributed by atoms with Crippen LogP contribution in [0.4, 0.5) is 5.69 Å². The van der Waals surface area contributed by atoms with Crippen LogP contribution >= 0.6 is 0 Å². The largest absolute Gasteiger partial charge is 0.459 e. The highest BCUT2D eigenvalue weighted by Gasteiger charge is 2.24. The van der Waals surface area contributed by atoms with Crippen molar-refractivity contribution in [3.63, 3.8) is 0 Å². The molecule has 102 valence electrons. The summed E-state index contributed by atoms with van der Waals surface area (Å²) in [7, 11) is 0. The molecular formula is C17H17NO2. The number of nitrogens with one attached hydrogen (secondary N) is 1. The summed E-state index contributed by atoms with van der Waals surface area (Å²) in [5.41, 5.74) is 3.32. The fourth-order valence-corrected chi connectivity index (χ4v) is 2.44. The van der Waals surface area contributed by atoms with Crippen LogP contribution in [-0.2, 0) is 22.6 Å². The maximum atomic E-state index is 12.1. The third-order valence-corrected chi connectivity index (χ3v) is 3.56. The zero-order valence-electron chi connectivity index (χ0n) is 11.2. The van der Waals surface area contributed by atoms with E-state index in [0.29, 0.717) is 6.61 Å². The Kier molecular flexibility index (Phi) is 3.68. The molecule has 3 nitrogen and oxygen atoms in total. The van der Waals surface area contributed by atoms with E-state index in [1.54, 1.807) is 0 Å². The number of hydrogen-bond donors (Lipinski definition) is 1. The van der Waals surface area contributed by atoms with Crippen molar-refractivity contribution in [2.75, 3.05) is 5.32 Å². The molecule has 0 saturated carbocycles. The maximum Gasteiger partial charge on any atom is 0.328 e. The van der Waals surface area contributed by atoms with E-state index in [1.165, 1.54) is 5.56 Å². The van der Waals surface area contributed by atoms with Crippen molar-refractivity contribution < 1.29 is 9.53 Å². The molecule has 20 heavy (non-hydrogen) atoms. The van der Waals surface area contributed by atoms with Crippen molar-refractivity contribution in [1.29, 1.82) is 0 Å². The van der Waals surface area contributed by atoms with Gasteiger partial charge < -0.3 is 10.1 Å². The van der Waals surface area contributed by atoms with Gasteiger partial charge >= 0.3 is 5.97 Å². The predicted octanol–water partition coefficient (Wildman–Crippen LogP) is 3.16. The lowest BCUT2D eigenvalue weighted by Crippen LogP contribution is -2.34. The zero-order chi connectivity index (χ0) is 13.8. The second-order valence-electron chi connectivity index (χ2n) is 4.99. The van der Waals surface area contributed by atoms with Gasteiger partial charge in [-0.1, -0.05) is 48.5 Å². The topological polar surface area (TPSA) is 38.3 Å². The molecule has 3 heteroatoms. The molecule has 0 aromatic heterocycles. The number of para-hydroxylation sites is 1. The average molecular weight is 267 g/mol. The van der Waals surface area contributed by atoms with Crippen molar-refractivity contribution in [2.45, 2.75) is 25.5 Å². The number of hydrogen-bond acceptors (Lipinski definition) is 3. The van der Waals surface area contributed by atoms with Crippen LogP contribution in [0.2, 0.25) is 0 Å². The number of benzene rings is 2. The van der Waals surface area contributed by atoms with E-state index in [9.17, 15) is 4.79 Å². The van der Waals surface area contributed by atoms with Gasteiger partial charge in [-0.25, -0.2) is 4.79 Å². The number of carbonyl (C=O) groups is 1. The summed E-state index contributed by atoms with van der Waals surface area (Å²) in [5.74, 6) is -0.177. The van der Waals surface area contributed by atoms with Gasteiger partial charge in [0.15, 0.2) is 0 Å². The predicted molar refractivity (Wildman–Crippen MR) is 78.4 cm³/mol. The molecule has 0 amide bonds. The maximum absolute atomic E-state index is 12.1. The molecule has 2 aromatic rings. The van der Waals surface area contributed by atoms with Crippen LogP contribution < -0.4 is 5.32 Å². The standard InChI is InChI=1S/C17H17NO2/c19-17(20-12-13-6-2-1-3-7-13)16-11-10-14-8-4-5-9-15(14)18-16/h1-9,16,18H,10-12H2/t16-/m0/s1. The van der Waals surface area contributed by atoms with E-state index in [-0.39, 0.29) is 12.0 Å². The first-order valence-electron chi connectivity index (χ1n) is 6.88. The number of aryl methyl sites for hydroxylation is 1. The minimum atomic E-state index is -0.242. The highest BCUT2D eigenvalue weighted by Crippen LogP contribution is 2.24. The lowest BCUT2D eigenvalue weighted by Gasteiger charge is -2.25. The third-order valence-electron chi connectivity index (χ3n) is 3.56. The van der Waals surface area contributed by atoms with E-state index in [4.69, 9.17) is 4.74 Å². The molecule has 1 atom stereocenters. The van der Waals surface area contributed by atoms with Crippen LogP contribution in [0.5, 0.6) is 0 Å². The Balaban J connectivity index is 1.59. The smallest absolute Gasteiger partial charge is 0.328 e. The Bertz CT molecular complexity index is 595. The highest BCUT2D eigenvalue weighted by molar-refractivity contribution is 5.80. The molecule has 3 rings (SSSR count). The van der Waals surface area contributed by atoms with Crippen molar-refractivity contribution in [3.05, 3.63) is 65.7 Å². The van der Waals surface area contributed by atoms with Gasteiger partial charge in [0.25, 0.3) is 0 Å². The summed E-state index contributed by atoms with van der Waals surface area (Å²) in [5, 5.41) is 3.26. The zero-order valence-corrected chi connectivity index (χ0v) is 11.2.